The first kappa shape index (κ1) is 16.0. The summed E-state index contributed by atoms with van der Waals surface area (Å²) in [6.45, 7) is 4.84. The number of aromatic amines is 1. The Bertz CT molecular complexity index is 838. The van der Waals surface area contributed by atoms with Gasteiger partial charge in [0, 0.05) is 36.4 Å². The van der Waals surface area contributed by atoms with Gasteiger partial charge in [-0.2, -0.15) is 0 Å². The fourth-order valence-electron chi connectivity index (χ4n) is 3.52. The first-order valence-electron chi connectivity index (χ1n) is 8.87. The summed E-state index contributed by atoms with van der Waals surface area (Å²) in [5.74, 6) is 1.86. The van der Waals surface area contributed by atoms with E-state index in [-0.39, 0.29) is 6.10 Å². The van der Waals surface area contributed by atoms with E-state index in [0.717, 1.165) is 37.6 Å². The second-order valence-electron chi connectivity index (χ2n) is 6.67. The Morgan fingerprint density at radius 1 is 1.20 bits per heavy atom. The van der Waals surface area contributed by atoms with Crippen molar-refractivity contribution in [2.24, 2.45) is 0 Å². The molecule has 130 valence electrons. The van der Waals surface area contributed by atoms with Gasteiger partial charge >= 0.3 is 0 Å². The van der Waals surface area contributed by atoms with Crippen LogP contribution >= 0.6 is 0 Å². The average Bonchev–Trinajstić information content (AvgIpc) is 2.95. The predicted octanol–water partition coefficient (Wildman–Crippen LogP) is 4.35. The summed E-state index contributed by atoms with van der Waals surface area (Å²) >= 11 is 0. The van der Waals surface area contributed by atoms with Gasteiger partial charge in [0.25, 0.3) is 0 Å². The van der Waals surface area contributed by atoms with Gasteiger partial charge in [-0.25, -0.2) is 0 Å². The molecule has 0 bridgehead atoms. The number of methoxy groups -OCH3 is 1. The Kier molecular flexibility index (Phi) is 4.36. The zero-order valence-electron chi connectivity index (χ0n) is 14.8. The summed E-state index contributed by atoms with van der Waals surface area (Å²) in [4.78, 5) is 5.98. The largest absolute Gasteiger partial charge is 0.497 e. The number of hydrogen-bond acceptors (Lipinski definition) is 3. The van der Waals surface area contributed by atoms with Gasteiger partial charge in [-0.05, 0) is 42.1 Å². The summed E-state index contributed by atoms with van der Waals surface area (Å²) in [5.41, 5.74) is 3.62. The molecule has 1 aliphatic heterocycles. The number of nitrogens with zero attached hydrogens (tertiary/aromatic N) is 1. The molecule has 1 aliphatic rings. The molecule has 0 aliphatic carbocycles. The van der Waals surface area contributed by atoms with E-state index in [1.54, 1.807) is 7.11 Å². The molecule has 25 heavy (non-hydrogen) atoms. The molecule has 4 heteroatoms. The average molecular weight is 336 g/mol. The van der Waals surface area contributed by atoms with Crippen LogP contribution in [-0.2, 0) is 13.1 Å². The third kappa shape index (κ3) is 3.35. The lowest BCUT2D eigenvalue weighted by atomic mass is 10.1. The van der Waals surface area contributed by atoms with Crippen LogP contribution in [0, 0.1) is 0 Å². The van der Waals surface area contributed by atoms with E-state index in [1.165, 1.54) is 22.2 Å². The molecule has 0 radical (unpaired) electrons. The second-order valence-corrected chi connectivity index (χ2v) is 6.67. The number of H-pyrrole nitrogens is 1. The van der Waals surface area contributed by atoms with E-state index in [4.69, 9.17) is 9.47 Å². The Morgan fingerprint density at radius 2 is 2.08 bits per heavy atom. The van der Waals surface area contributed by atoms with Gasteiger partial charge in [0.15, 0.2) is 0 Å². The van der Waals surface area contributed by atoms with Gasteiger partial charge in [-0.15, -0.1) is 0 Å². The number of rotatable bonds is 4. The van der Waals surface area contributed by atoms with E-state index >= 15 is 0 Å². The number of nitrogens with one attached hydrogen (secondary N) is 1. The van der Waals surface area contributed by atoms with Crippen LogP contribution in [0.2, 0.25) is 0 Å². The van der Waals surface area contributed by atoms with E-state index in [9.17, 15) is 0 Å². The van der Waals surface area contributed by atoms with Crippen LogP contribution in [0.4, 0.5) is 0 Å². The third-order valence-corrected chi connectivity index (χ3v) is 4.85. The number of para-hydroxylation sites is 1. The zero-order chi connectivity index (χ0) is 17.2. The third-order valence-electron chi connectivity index (χ3n) is 4.85. The number of ether oxygens (including phenoxy) is 2. The molecule has 3 aromatic rings. The summed E-state index contributed by atoms with van der Waals surface area (Å²) in [5, 5.41) is 1.26. The highest BCUT2D eigenvalue weighted by atomic mass is 16.5. The molecule has 1 atom stereocenters. The number of aromatic nitrogens is 1. The highest BCUT2D eigenvalue weighted by molar-refractivity contribution is 5.80. The molecule has 0 unspecified atom stereocenters. The molecule has 4 nitrogen and oxygen atoms in total. The van der Waals surface area contributed by atoms with Gasteiger partial charge in [0.2, 0.25) is 0 Å². The fraction of sp³-hybridized carbons (Fsp3) is 0.333. The molecule has 2 aromatic carbocycles. The molecular formula is C21H24N2O2. The second kappa shape index (κ2) is 6.81. The lowest BCUT2D eigenvalue weighted by Crippen LogP contribution is -2.32. The maximum absolute atomic E-state index is 6.23. The van der Waals surface area contributed by atoms with Crippen molar-refractivity contribution in [3.63, 3.8) is 0 Å². The Labute approximate surface area is 148 Å². The van der Waals surface area contributed by atoms with Crippen LogP contribution in [0.25, 0.3) is 10.9 Å². The smallest absolute Gasteiger partial charge is 0.124 e. The quantitative estimate of drug-likeness (QED) is 0.770. The lowest BCUT2D eigenvalue weighted by Gasteiger charge is -2.22. The molecule has 0 spiro atoms. The molecule has 2 heterocycles. The SMILES string of the molecule is CC[C@H]1CN(Cc2cc3ccccc3[nH]2)Cc2cc(OC)ccc2O1. The van der Waals surface area contributed by atoms with Crippen molar-refractivity contribution in [1.29, 1.82) is 0 Å². The Morgan fingerprint density at radius 3 is 2.88 bits per heavy atom. The maximum atomic E-state index is 6.23. The zero-order valence-corrected chi connectivity index (χ0v) is 14.8. The molecule has 1 N–H and O–H groups in total. The maximum Gasteiger partial charge on any atom is 0.124 e. The Hall–Kier alpha value is -2.46. The van der Waals surface area contributed by atoms with Gasteiger partial charge in [-0.3, -0.25) is 4.90 Å². The molecule has 0 saturated carbocycles. The predicted molar refractivity (Wildman–Crippen MR) is 100 cm³/mol. The van der Waals surface area contributed by atoms with Crippen LogP contribution in [0.3, 0.4) is 0 Å². The molecule has 0 amide bonds. The van der Waals surface area contributed by atoms with Crippen molar-refractivity contribution in [1.82, 2.24) is 9.88 Å². The van der Waals surface area contributed by atoms with Crippen molar-refractivity contribution in [3.05, 3.63) is 59.8 Å². The minimum Gasteiger partial charge on any atom is -0.497 e. The van der Waals surface area contributed by atoms with Crippen molar-refractivity contribution in [3.8, 4) is 11.5 Å². The van der Waals surface area contributed by atoms with Crippen molar-refractivity contribution >= 4 is 10.9 Å². The first-order chi connectivity index (χ1) is 12.2. The van der Waals surface area contributed by atoms with Crippen molar-refractivity contribution in [2.75, 3.05) is 13.7 Å². The number of fused-ring (bicyclic) bond motifs is 2. The van der Waals surface area contributed by atoms with Crippen LogP contribution in [0.5, 0.6) is 11.5 Å². The van der Waals surface area contributed by atoms with Gasteiger partial charge in [0.1, 0.15) is 17.6 Å². The van der Waals surface area contributed by atoms with E-state index in [0.29, 0.717) is 0 Å². The minimum atomic E-state index is 0.207. The van der Waals surface area contributed by atoms with Gasteiger partial charge < -0.3 is 14.5 Å². The number of benzene rings is 2. The van der Waals surface area contributed by atoms with E-state index in [2.05, 4.69) is 53.2 Å². The minimum absolute atomic E-state index is 0.207. The summed E-state index contributed by atoms with van der Waals surface area (Å²) in [7, 11) is 1.70. The van der Waals surface area contributed by atoms with Crippen LogP contribution in [0.1, 0.15) is 24.6 Å². The highest BCUT2D eigenvalue weighted by Gasteiger charge is 2.22. The van der Waals surface area contributed by atoms with Crippen molar-refractivity contribution in [2.45, 2.75) is 32.5 Å². The molecule has 0 fully saturated rings. The lowest BCUT2D eigenvalue weighted by molar-refractivity contribution is 0.138. The van der Waals surface area contributed by atoms with E-state index < -0.39 is 0 Å². The standard InChI is InChI=1S/C21H24N2O2/c1-3-18-14-23(12-16-11-19(24-2)8-9-21(16)25-18)13-17-10-15-6-4-5-7-20(15)22-17/h4-11,18,22H,3,12-14H2,1-2H3/t18-/m0/s1. The summed E-state index contributed by atoms with van der Waals surface area (Å²) in [6, 6.07) is 16.8. The van der Waals surface area contributed by atoms with Crippen LogP contribution < -0.4 is 9.47 Å². The van der Waals surface area contributed by atoms with Crippen molar-refractivity contribution < 1.29 is 9.47 Å². The topological polar surface area (TPSA) is 37.5 Å². The molecular weight excluding hydrogens is 312 g/mol. The normalized spacial score (nSPS) is 17.8. The first-order valence-corrected chi connectivity index (χ1v) is 8.87. The summed E-state index contributed by atoms with van der Waals surface area (Å²) in [6.07, 6.45) is 1.20. The fourth-order valence-corrected chi connectivity index (χ4v) is 3.52. The molecule has 0 saturated heterocycles. The molecule has 4 rings (SSSR count). The van der Waals surface area contributed by atoms with Gasteiger partial charge in [-0.1, -0.05) is 25.1 Å². The van der Waals surface area contributed by atoms with E-state index in [1.807, 2.05) is 12.1 Å². The number of hydrogen-bond donors (Lipinski definition) is 1. The summed E-state index contributed by atoms with van der Waals surface area (Å²) < 4.78 is 11.6. The van der Waals surface area contributed by atoms with Crippen LogP contribution in [-0.4, -0.2) is 29.6 Å². The highest BCUT2D eigenvalue weighted by Crippen LogP contribution is 2.30. The van der Waals surface area contributed by atoms with Gasteiger partial charge in [0.05, 0.1) is 7.11 Å². The monoisotopic (exact) mass is 336 g/mol. The van der Waals surface area contributed by atoms with Crippen LogP contribution in [0.15, 0.2) is 48.5 Å². The molecule has 1 aromatic heterocycles. The Balaban J connectivity index is 1.61.